The molecule has 0 spiro atoms. The van der Waals surface area contributed by atoms with E-state index in [-0.39, 0.29) is 58.7 Å². The molecule has 4 heterocycles. The number of aliphatic hydroxyl groups excluding tert-OH is 2. The second-order valence-corrected chi connectivity index (χ2v) is 11.3. The second kappa shape index (κ2) is 9.77. The van der Waals surface area contributed by atoms with Crippen LogP contribution in [0.1, 0.15) is 20.1 Å². The van der Waals surface area contributed by atoms with Crippen molar-refractivity contribution in [2.45, 2.75) is 38.4 Å². The lowest BCUT2D eigenvalue weighted by Crippen LogP contribution is -2.47. The summed E-state index contributed by atoms with van der Waals surface area (Å²) in [4.78, 5) is 37.0. The monoisotopic (exact) mass is 530 g/mol. The summed E-state index contributed by atoms with van der Waals surface area (Å²) in [6.07, 6.45) is -3.30. The molecular weight excluding hydrogens is 504 g/mol. The molecule has 2 saturated heterocycles. The number of thiocarbonyl (C=S) groups is 1. The van der Waals surface area contributed by atoms with Gasteiger partial charge in [-0.05, 0) is 12.2 Å². The molecule has 0 radical (unpaired) electrons. The summed E-state index contributed by atoms with van der Waals surface area (Å²) < 4.78 is 36.4. The minimum absolute atomic E-state index is 0.0312. The Morgan fingerprint density at radius 1 is 1.40 bits per heavy atom. The van der Waals surface area contributed by atoms with Gasteiger partial charge in [0.15, 0.2) is 33.3 Å². The van der Waals surface area contributed by atoms with Crippen molar-refractivity contribution >= 4 is 50.2 Å². The lowest BCUT2D eigenvalue weighted by Gasteiger charge is -2.31. The number of nitrogens with one attached hydrogen (secondary N) is 2. The quantitative estimate of drug-likeness (QED) is 0.323. The number of rotatable bonds is 5. The van der Waals surface area contributed by atoms with Crippen molar-refractivity contribution < 1.29 is 32.9 Å². The van der Waals surface area contributed by atoms with Crippen LogP contribution in [0.4, 0.5) is 5.95 Å². The van der Waals surface area contributed by atoms with Gasteiger partial charge in [-0.3, -0.25) is 24.5 Å². The minimum Gasteiger partial charge on any atom is -0.460 e. The van der Waals surface area contributed by atoms with Gasteiger partial charge in [-0.15, -0.1) is 0 Å². The number of nitrogens with zero attached hydrogens (tertiary/aromatic N) is 4. The average Bonchev–Trinajstić information content (AvgIpc) is 3.35. The number of hydrogen-bond donors (Lipinski definition) is 4. The fourth-order valence-electron chi connectivity index (χ4n) is 3.74. The summed E-state index contributed by atoms with van der Waals surface area (Å²) in [6.45, 7) is 3.12. The molecule has 2 aliphatic rings. The maximum atomic E-state index is 12.5. The van der Waals surface area contributed by atoms with E-state index in [9.17, 15) is 28.2 Å². The molecule has 4 rings (SSSR count). The smallest absolute Gasteiger partial charge is 0.280 e. The molecule has 14 nitrogen and oxygen atoms in total. The molecule has 192 valence electrons. The zero-order valence-corrected chi connectivity index (χ0v) is 20.6. The van der Waals surface area contributed by atoms with Crippen molar-refractivity contribution in [3.63, 3.8) is 0 Å². The van der Waals surface area contributed by atoms with Gasteiger partial charge >= 0.3 is 0 Å². The third kappa shape index (κ3) is 5.16. The van der Waals surface area contributed by atoms with Crippen LogP contribution in [0.25, 0.3) is 11.2 Å². The highest BCUT2D eigenvalue weighted by atomic mass is 32.2. The topological polar surface area (TPSA) is 189 Å². The van der Waals surface area contributed by atoms with Crippen molar-refractivity contribution in [2.75, 3.05) is 36.5 Å². The molecule has 4 N–H and O–H groups in total. The zero-order valence-electron chi connectivity index (χ0n) is 18.9. The van der Waals surface area contributed by atoms with Gasteiger partial charge in [0, 0.05) is 19.0 Å². The summed E-state index contributed by atoms with van der Waals surface area (Å²) >= 11 is 5.34. The lowest BCUT2D eigenvalue weighted by atomic mass is 10.1. The molecule has 2 fully saturated rings. The van der Waals surface area contributed by atoms with Crippen molar-refractivity contribution in [1.29, 1.82) is 0 Å². The summed E-state index contributed by atoms with van der Waals surface area (Å²) in [5.41, 5.74) is -0.597. The Morgan fingerprint density at radius 3 is 2.71 bits per heavy atom. The normalized spacial score (nSPS) is 26.3. The maximum absolute atomic E-state index is 12.5. The number of fused-ring (bicyclic) bond motifs is 1. The first-order valence-corrected chi connectivity index (χ1v) is 13.1. The third-order valence-corrected chi connectivity index (χ3v) is 7.77. The Kier molecular flexibility index (Phi) is 7.10. The van der Waals surface area contributed by atoms with Gasteiger partial charge in [0.05, 0.1) is 24.4 Å². The van der Waals surface area contributed by atoms with Crippen LogP contribution in [0.3, 0.4) is 0 Å². The van der Waals surface area contributed by atoms with E-state index >= 15 is 0 Å². The van der Waals surface area contributed by atoms with E-state index in [2.05, 4.69) is 20.3 Å². The first kappa shape index (κ1) is 25.4. The largest absolute Gasteiger partial charge is 0.460 e. The number of amides is 1. The van der Waals surface area contributed by atoms with Crippen LogP contribution in [0.15, 0.2) is 11.1 Å². The van der Waals surface area contributed by atoms with Crippen LogP contribution in [-0.4, -0.2) is 104 Å². The Hall–Kier alpha value is -2.66. The maximum Gasteiger partial charge on any atom is 0.280 e. The Bertz CT molecular complexity index is 1280. The molecule has 1 amide bonds. The summed E-state index contributed by atoms with van der Waals surface area (Å²) in [5.74, 6) is -0.966. The highest BCUT2D eigenvalue weighted by Gasteiger charge is 2.47. The predicted molar refractivity (Wildman–Crippen MR) is 126 cm³/mol. The van der Waals surface area contributed by atoms with Gasteiger partial charge in [-0.25, -0.2) is 13.4 Å². The first-order chi connectivity index (χ1) is 16.5. The molecular formula is C19H26N6O8S2. The number of hydrogen-bond acceptors (Lipinski definition) is 11. The number of carbonyl (C=O) groups is 1. The molecule has 35 heavy (non-hydrogen) atoms. The second-order valence-electron chi connectivity index (χ2n) is 8.61. The Morgan fingerprint density at radius 2 is 2.09 bits per heavy atom. The zero-order chi connectivity index (χ0) is 25.5. The molecule has 0 aromatic carbocycles. The lowest BCUT2D eigenvalue weighted by molar-refractivity contribution is -0.118. The minimum atomic E-state index is -3.14. The number of imidazole rings is 1. The fourth-order valence-corrected chi connectivity index (χ4v) is 5.23. The van der Waals surface area contributed by atoms with E-state index in [0.717, 1.165) is 0 Å². The van der Waals surface area contributed by atoms with Crippen LogP contribution in [-0.2, 0) is 24.1 Å². The molecule has 0 saturated carbocycles. The van der Waals surface area contributed by atoms with Gasteiger partial charge in [-0.2, -0.15) is 4.98 Å². The van der Waals surface area contributed by atoms with Crippen molar-refractivity contribution in [3.8, 4) is 0 Å². The van der Waals surface area contributed by atoms with Crippen LogP contribution < -0.4 is 10.9 Å². The standard InChI is InChI=1S/C19H26N6O8S2/c1-9(2)15(28)22-18-21-14-11(16(29)23-18)20-8-25(14)17-13(12(27)10(7-26)32-17)33-19(34)24-3-5-35(30,31)6-4-24/h8-10,12-13,17,26-27H,3-7H2,1-2H3,(H2,21,22,23,28,29)/t10-,12+,13?,17-/m1/s1. The van der Waals surface area contributed by atoms with Crippen LogP contribution >= 0.6 is 12.2 Å². The van der Waals surface area contributed by atoms with Gasteiger partial charge in [0.2, 0.25) is 11.9 Å². The van der Waals surface area contributed by atoms with Crippen molar-refractivity contribution in [2.24, 2.45) is 5.92 Å². The summed E-state index contributed by atoms with van der Waals surface area (Å²) in [6, 6.07) is 0. The van der Waals surface area contributed by atoms with Gasteiger partial charge in [0.1, 0.15) is 12.2 Å². The molecule has 2 aliphatic heterocycles. The van der Waals surface area contributed by atoms with Crippen LogP contribution in [0, 0.1) is 5.92 Å². The van der Waals surface area contributed by atoms with E-state index < -0.39 is 46.5 Å². The van der Waals surface area contributed by atoms with E-state index in [1.165, 1.54) is 10.9 Å². The number of aromatic nitrogens is 4. The average molecular weight is 531 g/mol. The van der Waals surface area contributed by atoms with Gasteiger partial charge in [0.25, 0.3) is 10.7 Å². The number of carbonyl (C=O) groups excluding carboxylic acids is 1. The van der Waals surface area contributed by atoms with E-state index in [1.54, 1.807) is 18.7 Å². The van der Waals surface area contributed by atoms with E-state index in [4.69, 9.17) is 21.7 Å². The summed E-state index contributed by atoms with van der Waals surface area (Å²) in [7, 11) is -3.14. The number of aliphatic hydroxyl groups is 2. The van der Waals surface area contributed by atoms with E-state index in [0.29, 0.717) is 0 Å². The van der Waals surface area contributed by atoms with Crippen molar-refractivity contribution in [1.82, 2.24) is 24.4 Å². The van der Waals surface area contributed by atoms with Gasteiger partial charge < -0.3 is 24.6 Å². The molecule has 0 aliphatic carbocycles. The molecule has 16 heteroatoms. The van der Waals surface area contributed by atoms with Crippen LogP contribution in [0.5, 0.6) is 0 Å². The predicted octanol–water partition coefficient (Wildman–Crippen LogP) is -1.63. The number of ether oxygens (including phenoxy) is 2. The molecule has 1 unspecified atom stereocenters. The molecule has 2 aromatic heterocycles. The SMILES string of the molecule is CC(C)C(=O)Nc1nc2c(ncn2[C@@H]2O[C@H](CO)[C@H](O)C2OC(=S)N2CCS(=O)(=O)CC2)c(=O)[nH]1. The van der Waals surface area contributed by atoms with Crippen LogP contribution in [0.2, 0.25) is 0 Å². The molecule has 2 aromatic rings. The number of sulfone groups is 1. The Balaban J connectivity index is 1.64. The first-order valence-electron chi connectivity index (χ1n) is 10.9. The Labute approximate surface area is 205 Å². The number of anilines is 1. The van der Waals surface area contributed by atoms with E-state index in [1.807, 2.05) is 0 Å². The molecule has 4 atom stereocenters. The highest BCUT2D eigenvalue weighted by molar-refractivity contribution is 7.91. The fraction of sp³-hybridized carbons (Fsp3) is 0.632. The highest BCUT2D eigenvalue weighted by Crippen LogP contribution is 2.34. The summed E-state index contributed by atoms with van der Waals surface area (Å²) in [5, 5.41) is 22.9. The van der Waals surface area contributed by atoms with Crippen molar-refractivity contribution in [3.05, 3.63) is 16.7 Å². The van der Waals surface area contributed by atoms with Gasteiger partial charge in [-0.1, -0.05) is 13.8 Å². The number of H-pyrrole nitrogens is 1. The third-order valence-electron chi connectivity index (χ3n) is 5.80. The molecule has 0 bridgehead atoms. The number of aromatic amines is 1.